The molecule has 0 aliphatic carbocycles. The summed E-state index contributed by atoms with van der Waals surface area (Å²) < 4.78 is 4.82. The van der Waals surface area contributed by atoms with E-state index in [1.165, 1.54) is 13.2 Å². The van der Waals surface area contributed by atoms with Gasteiger partial charge in [-0.15, -0.1) is 0 Å². The minimum absolute atomic E-state index is 0.128. The van der Waals surface area contributed by atoms with Gasteiger partial charge in [-0.1, -0.05) is 6.07 Å². The number of likely N-dealkylation sites (N-methyl/N-ethyl adjacent to an activating group) is 1. The summed E-state index contributed by atoms with van der Waals surface area (Å²) in [7, 11) is 3.13. The third-order valence-corrected chi connectivity index (χ3v) is 2.61. The van der Waals surface area contributed by atoms with E-state index in [9.17, 15) is 15.2 Å². The number of rotatable bonds is 7. The molecule has 0 aliphatic heterocycles. The largest absolute Gasteiger partial charge is 0.389 e. The van der Waals surface area contributed by atoms with Crippen molar-refractivity contribution < 1.29 is 14.8 Å². The topological polar surface area (TPSA) is 114 Å². The van der Waals surface area contributed by atoms with Gasteiger partial charge in [0.25, 0.3) is 0 Å². The van der Waals surface area contributed by atoms with Crippen LogP contribution in [0.25, 0.3) is 0 Å². The van der Waals surface area contributed by atoms with E-state index < -0.39 is 11.0 Å². The van der Waals surface area contributed by atoms with Crippen LogP contribution < -0.4 is 16.2 Å². The van der Waals surface area contributed by atoms with Crippen molar-refractivity contribution in [1.29, 1.82) is 0 Å². The average Bonchev–Trinajstić information content (AvgIpc) is 2.37. The summed E-state index contributed by atoms with van der Waals surface area (Å²) in [6, 6.07) is 4.76. The number of aliphatic hydroxyl groups is 1. The van der Waals surface area contributed by atoms with Crippen LogP contribution in [0.2, 0.25) is 0 Å². The zero-order valence-corrected chi connectivity index (χ0v) is 10.9. The molecule has 1 unspecified atom stereocenters. The fourth-order valence-corrected chi connectivity index (χ4v) is 1.81. The standard InChI is InChI=1S/C11H18N4O4/c1-14(6-8(16)7-19-2)10-5-3-4-9(13-12)11(10)15(17)18/h3-5,8,13,16H,6-7,12H2,1-2H3. The first-order valence-corrected chi connectivity index (χ1v) is 5.63. The molecular formula is C11H18N4O4. The lowest BCUT2D eigenvalue weighted by Gasteiger charge is -2.22. The van der Waals surface area contributed by atoms with Crippen LogP contribution in [0.3, 0.4) is 0 Å². The van der Waals surface area contributed by atoms with Crippen LogP contribution in [0, 0.1) is 10.1 Å². The maximum Gasteiger partial charge on any atom is 0.316 e. The van der Waals surface area contributed by atoms with E-state index >= 15 is 0 Å². The van der Waals surface area contributed by atoms with Gasteiger partial charge in [0.15, 0.2) is 0 Å². The summed E-state index contributed by atoms with van der Waals surface area (Å²) in [6.07, 6.45) is -0.732. The molecule has 0 fully saturated rings. The highest BCUT2D eigenvalue weighted by molar-refractivity contribution is 5.76. The second-order valence-corrected chi connectivity index (χ2v) is 4.06. The van der Waals surface area contributed by atoms with Crippen LogP contribution in [0.15, 0.2) is 18.2 Å². The number of hydrogen-bond acceptors (Lipinski definition) is 7. The van der Waals surface area contributed by atoms with Gasteiger partial charge in [0, 0.05) is 20.7 Å². The number of nitro groups is 1. The molecule has 0 heterocycles. The maximum absolute atomic E-state index is 11.1. The fourth-order valence-electron chi connectivity index (χ4n) is 1.81. The Balaban J connectivity index is 3.02. The second kappa shape index (κ2) is 6.88. The summed E-state index contributed by atoms with van der Waals surface area (Å²) in [6.45, 7) is 0.371. The Hall–Kier alpha value is -1.90. The molecule has 0 saturated heterocycles. The number of nitrogens with one attached hydrogen (secondary N) is 1. The Labute approximate surface area is 110 Å². The van der Waals surface area contributed by atoms with Crippen LogP contribution in [0.4, 0.5) is 17.1 Å². The van der Waals surface area contributed by atoms with Gasteiger partial charge in [-0.25, -0.2) is 0 Å². The number of nitrogens with two attached hydrogens (primary N) is 1. The zero-order valence-electron chi connectivity index (χ0n) is 10.9. The van der Waals surface area contributed by atoms with Gasteiger partial charge < -0.3 is 20.2 Å². The number of methoxy groups -OCH3 is 1. The lowest BCUT2D eigenvalue weighted by atomic mass is 10.2. The van der Waals surface area contributed by atoms with Gasteiger partial charge in [-0.05, 0) is 12.1 Å². The van der Waals surface area contributed by atoms with Crippen LogP contribution in [-0.2, 0) is 4.74 Å². The molecule has 8 heteroatoms. The van der Waals surface area contributed by atoms with Crippen molar-refractivity contribution in [3.63, 3.8) is 0 Å². The first-order valence-electron chi connectivity index (χ1n) is 5.63. The van der Waals surface area contributed by atoms with Gasteiger partial charge in [0.2, 0.25) is 0 Å². The molecule has 1 atom stereocenters. The third kappa shape index (κ3) is 3.78. The molecule has 0 radical (unpaired) electrons. The number of nitro benzene ring substituents is 1. The van der Waals surface area contributed by atoms with Crippen LogP contribution >= 0.6 is 0 Å². The number of hydrogen-bond donors (Lipinski definition) is 3. The van der Waals surface area contributed by atoms with E-state index in [0.717, 1.165) is 0 Å². The van der Waals surface area contributed by atoms with Crippen molar-refractivity contribution >= 4 is 17.1 Å². The summed E-state index contributed by atoms with van der Waals surface area (Å²) in [4.78, 5) is 12.2. The van der Waals surface area contributed by atoms with E-state index in [1.54, 1.807) is 24.1 Å². The SMILES string of the molecule is COCC(O)CN(C)c1cccc(NN)c1[N+](=O)[O-]. The van der Waals surface area contributed by atoms with Crippen molar-refractivity contribution in [3.05, 3.63) is 28.3 Å². The number of para-hydroxylation sites is 1. The van der Waals surface area contributed by atoms with Gasteiger partial charge in [-0.3, -0.25) is 16.0 Å². The van der Waals surface area contributed by atoms with Crippen molar-refractivity contribution in [2.24, 2.45) is 5.84 Å². The monoisotopic (exact) mass is 270 g/mol. The Morgan fingerprint density at radius 1 is 1.63 bits per heavy atom. The predicted octanol–water partition coefficient (Wildman–Crippen LogP) is 0.324. The lowest BCUT2D eigenvalue weighted by Crippen LogP contribution is -2.32. The van der Waals surface area contributed by atoms with Gasteiger partial charge >= 0.3 is 5.69 Å². The molecule has 4 N–H and O–H groups in total. The highest BCUT2D eigenvalue weighted by atomic mass is 16.6. The zero-order chi connectivity index (χ0) is 14.4. The average molecular weight is 270 g/mol. The van der Waals surface area contributed by atoms with Crippen LogP contribution in [-0.4, -0.2) is 43.4 Å². The molecule has 0 bridgehead atoms. The van der Waals surface area contributed by atoms with E-state index in [2.05, 4.69) is 5.43 Å². The number of hydrazine groups is 1. The number of benzene rings is 1. The highest BCUT2D eigenvalue weighted by Crippen LogP contribution is 2.34. The summed E-state index contributed by atoms with van der Waals surface area (Å²) >= 11 is 0. The minimum atomic E-state index is -0.732. The Morgan fingerprint density at radius 2 is 2.32 bits per heavy atom. The van der Waals surface area contributed by atoms with E-state index in [0.29, 0.717) is 5.69 Å². The minimum Gasteiger partial charge on any atom is -0.389 e. The maximum atomic E-state index is 11.1. The van der Waals surface area contributed by atoms with E-state index in [1.807, 2.05) is 0 Å². The Bertz CT molecular complexity index is 441. The van der Waals surface area contributed by atoms with Gasteiger partial charge in [0.1, 0.15) is 11.4 Å². The number of nitrogens with zero attached hydrogens (tertiary/aromatic N) is 2. The normalized spacial score (nSPS) is 12.0. The summed E-state index contributed by atoms with van der Waals surface area (Å²) in [5.74, 6) is 5.26. The second-order valence-electron chi connectivity index (χ2n) is 4.06. The molecule has 106 valence electrons. The molecular weight excluding hydrogens is 252 g/mol. The smallest absolute Gasteiger partial charge is 0.316 e. The van der Waals surface area contributed by atoms with Crippen molar-refractivity contribution in [2.45, 2.75) is 6.10 Å². The Morgan fingerprint density at radius 3 is 2.84 bits per heavy atom. The summed E-state index contributed by atoms with van der Waals surface area (Å²) in [5, 5.41) is 20.8. The molecule has 0 spiro atoms. The number of anilines is 2. The number of nitrogen functional groups attached to an aromatic ring is 1. The quantitative estimate of drug-likeness (QED) is 0.371. The molecule has 1 aromatic rings. The fraction of sp³-hybridized carbons (Fsp3) is 0.455. The lowest BCUT2D eigenvalue weighted by molar-refractivity contribution is -0.383. The first-order chi connectivity index (χ1) is 9.01. The van der Waals surface area contributed by atoms with Crippen LogP contribution in [0.1, 0.15) is 0 Å². The third-order valence-electron chi connectivity index (χ3n) is 2.61. The summed E-state index contributed by atoms with van der Waals surface area (Å²) in [5.41, 5.74) is 2.76. The molecule has 0 aromatic heterocycles. The number of ether oxygens (including phenoxy) is 1. The molecule has 19 heavy (non-hydrogen) atoms. The van der Waals surface area contributed by atoms with Gasteiger partial charge in [-0.2, -0.15) is 0 Å². The first kappa shape index (κ1) is 15.2. The Kier molecular flexibility index (Phi) is 5.49. The van der Waals surface area contributed by atoms with Crippen molar-refractivity contribution in [3.8, 4) is 0 Å². The molecule has 0 amide bonds. The van der Waals surface area contributed by atoms with E-state index in [4.69, 9.17) is 10.6 Å². The van der Waals surface area contributed by atoms with Crippen molar-refractivity contribution in [1.82, 2.24) is 0 Å². The molecule has 0 aliphatic rings. The molecule has 8 nitrogen and oxygen atoms in total. The van der Waals surface area contributed by atoms with Gasteiger partial charge in [0.05, 0.1) is 17.6 Å². The van der Waals surface area contributed by atoms with Crippen LogP contribution in [0.5, 0.6) is 0 Å². The molecule has 1 rings (SSSR count). The highest BCUT2D eigenvalue weighted by Gasteiger charge is 2.22. The van der Waals surface area contributed by atoms with Crippen molar-refractivity contribution in [2.75, 3.05) is 37.6 Å². The molecule has 0 saturated carbocycles. The van der Waals surface area contributed by atoms with E-state index in [-0.39, 0.29) is 24.5 Å². The molecule has 1 aromatic carbocycles. The number of aliphatic hydroxyl groups excluding tert-OH is 1. The predicted molar refractivity (Wildman–Crippen MR) is 72.1 cm³/mol.